The van der Waals surface area contributed by atoms with Crippen molar-refractivity contribution in [2.75, 3.05) is 17.2 Å². The number of nitrogen functional groups attached to an aromatic ring is 1. The Balaban J connectivity index is 1.64. The quantitative estimate of drug-likeness (QED) is 0.397. The molecule has 1 fully saturated rings. The van der Waals surface area contributed by atoms with E-state index in [4.69, 9.17) is 17.3 Å². The highest BCUT2D eigenvalue weighted by atomic mass is 35.5. The molecule has 0 bridgehead atoms. The Kier molecular flexibility index (Phi) is 5.04. The van der Waals surface area contributed by atoms with E-state index in [2.05, 4.69) is 19.9 Å². The van der Waals surface area contributed by atoms with Crippen molar-refractivity contribution in [1.29, 1.82) is 0 Å². The molecule has 1 unspecified atom stereocenters. The number of anilines is 2. The number of aromatic amines is 1. The Morgan fingerprint density at radius 2 is 1.83 bits per heavy atom. The third-order valence-electron chi connectivity index (χ3n) is 6.51. The first kappa shape index (κ1) is 21.4. The van der Waals surface area contributed by atoms with Crippen LogP contribution in [0.5, 0.6) is 0 Å². The highest BCUT2D eigenvalue weighted by Gasteiger charge is 2.32. The van der Waals surface area contributed by atoms with Crippen molar-refractivity contribution in [3.05, 3.63) is 98.2 Å². The molecule has 5 aromatic rings. The number of halogens is 1. The van der Waals surface area contributed by atoms with E-state index in [0.29, 0.717) is 33.8 Å². The summed E-state index contributed by atoms with van der Waals surface area (Å²) in [6.07, 6.45) is 3.17. The van der Waals surface area contributed by atoms with Crippen LogP contribution < -0.4 is 21.6 Å². The third-order valence-corrected chi connectivity index (χ3v) is 6.83. The Morgan fingerprint density at radius 3 is 2.66 bits per heavy atom. The van der Waals surface area contributed by atoms with Gasteiger partial charge in [-0.05, 0) is 42.5 Å². The van der Waals surface area contributed by atoms with Crippen molar-refractivity contribution in [3.8, 4) is 5.69 Å². The predicted octanol–water partition coefficient (Wildman–Crippen LogP) is 4.20. The number of nitrogens with two attached hydrogens (primary N) is 1. The molecule has 1 aliphatic heterocycles. The molecule has 35 heavy (non-hydrogen) atoms. The highest BCUT2D eigenvalue weighted by molar-refractivity contribution is 6.35. The molecule has 1 aliphatic rings. The fourth-order valence-corrected chi connectivity index (χ4v) is 5.30. The fourth-order valence-electron chi connectivity index (χ4n) is 5.04. The van der Waals surface area contributed by atoms with E-state index >= 15 is 0 Å². The second-order valence-electron chi connectivity index (χ2n) is 8.57. The second-order valence-corrected chi connectivity index (χ2v) is 8.98. The lowest BCUT2D eigenvalue weighted by Crippen LogP contribution is -2.31. The average Bonchev–Trinajstić information content (AvgIpc) is 3.33. The van der Waals surface area contributed by atoms with E-state index in [-0.39, 0.29) is 23.0 Å². The van der Waals surface area contributed by atoms with Crippen molar-refractivity contribution < 1.29 is 0 Å². The van der Waals surface area contributed by atoms with E-state index < -0.39 is 0 Å². The number of rotatable bonds is 3. The molecule has 0 spiro atoms. The Hall–Kier alpha value is -4.17. The van der Waals surface area contributed by atoms with Gasteiger partial charge in [0.05, 0.1) is 16.5 Å². The van der Waals surface area contributed by atoms with Gasteiger partial charge in [0.25, 0.3) is 5.56 Å². The van der Waals surface area contributed by atoms with Crippen LogP contribution in [0.3, 0.4) is 0 Å². The minimum absolute atomic E-state index is 0.0748. The molecule has 0 saturated carbocycles. The number of nitrogens with one attached hydrogen (secondary N) is 1. The van der Waals surface area contributed by atoms with E-state index in [1.54, 1.807) is 16.8 Å². The summed E-state index contributed by atoms with van der Waals surface area (Å²) in [7, 11) is 0. The summed E-state index contributed by atoms with van der Waals surface area (Å²) in [6.45, 7) is 0.654. The fraction of sp³-hybridized carbons (Fsp3) is 0.154. The van der Waals surface area contributed by atoms with Gasteiger partial charge in [0.1, 0.15) is 16.9 Å². The number of fused-ring (bicyclic) bond motifs is 2. The SMILES string of the molecule is Nc1nc(N2CCCC2c2cc3cccc(Cl)c3c(=O)n2-c2ccccc2)c2c(=O)cc[nH]c2n1. The van der Waals surface area contributed by atoms with Gasteiger partial charge in [0, 0.05) is 30.2 Å². The van der Waals surface area contributed by atoms with Crippen LogP contribution in [0.25, 0.3) is 27.5 Å². The molecular formula is C26H21ClN6O2. The molecule has 1 saturated heterocycles. The number of pyridine rings is 2. The predicted molar refractivity (Wildman–Crippen MR) is 138 cm³/mol. The normalized spacial score (nSPS) is 15.8. The van der Waals surface area contributed by atoms with Gasteiger partial charge in [-0.3, -0.25) is 14.2 Å². The summed E-state index contributed by atoms with van der Waals surface area (Å²) in [5, 5.41) is 2.03. The Morgan fingerprint density at radius 1 is 1.00 bits per heavy atom. The maximum absolute atomic E-state index is 13.9. The number of H-pyrrole nitrogens is 1. The van der Waals surface area contributed by atoms with E-state index in [9.17, 15) is 9.59 Å². The van der Waals surface area contributed by atoms with Gasteiger partial charge in [0.2, 0.25) is 5.95 Å². The molecule has 174 valence electrons. The first-order chi connectivity index (χ1) is 17.0. The molecule has 3 aromatic heterocycles. The van der Waals surface area contributed by atoms with Crippen molar-refractivity contribution in [2.24, 2.45) is 0 Å². The van der Waals surface area contributed by atoms with Gasteiger partial charge < -0.3 is 15.6 Å². The molecule has 1 atom stereocenters. The van der Waals surface area contributed by atoms with E-state index in [1.807, 2.05) is 48.5 Å². The van der Waals surface area contributed by atoms with Gasteiger partial charge in [-0.15, -0.1) is 0 Å². The molecule has 6 rings (SSSR count). The number of para-hydroxylation sites is 1. The number of hydrogen-bond acceptors (Lipinski definition) is 6. The summed E-state index contributed by atoms with van der Waals surface area (Å²) in [5.41, 5.74) is 7.57. The molecule has 0 aliphatic carbocycles. The summed E-state index contributed by atoms with van der Waals surface area (Å²) >= 11 is 6.47. The number of aromatic nitrogens is 4. The van der Waals surface area contributed by atoms with Gasteiger partial charge in [-0.2, -0.15) is 9.97 Å². The molecule has 0 radical (unpaired) electrons. The third kappa shape index (κ3) is 3.45. The Labute approximate surface area is 204 Å². The number of benzene rings is 2. The van der Waals surface area contributed by atoms with Crippen LogP contribution in [-0.4, -0.2) is 26.1 Å². The maximum atomic E-state index is 13.9. The molecule has 9 heteroatoms. The minimum Gasteiger partial charge on any atom is -0.368 e. The van der Waals surface area contributed by atoms with Crippen molar-refractivity contribution in [3.63, 3.8) is 0 Å². The zero-order valence-corrected chi connectivity index (χ0v) is 19.4. The van der Waals surface area contributed by atoms with Crippen LogP contribution in [0, 0.1) is 0 Å². The molecule has 0 amide bonds. The average molecular weight is 485 g/mol. The molecule has 8 nitrogen and oxygen atoms in total. The number of nitrogens with zero attached hydrogens (tertiary/aromatic N) is 4. The van der Waals surface area contributed by atoms with Crippen LogP contribution in [0.15, 0.2) is 76.4 Å². The van der Waals surface area contributed by atoms with Gasteiger partial charge >= 0.3 is 0 Å². The molecular weight excluding hydrogens is 464 g/mol. The van der Waals surface area contributed by atoms with Crippen molar-refractivity contribution >= 4 is 45.2 Å². The number of hydrogen-bond donors (Lipinski definition) is 2. The molecule has 3 N–H and O–H groups in total. The van der Waals surface area contributed by atoms with Crippen LogP contribution >= 0.6 is 11.6 Å². The van der Waals surface area contributed by atoms with Crippen molar-refractivity contribution in [1.82, 2.24) is 19.5 Å². The maximum Gasteiger partial charge on any atom is 0.264 e. The summed E-state index contributed by atoms with van der Waals surface area (Å²) in [4.78, 5) is 40.4. The summed E-state index contributed by atoms with van der Waals surface area (Å²) in [6, 6.07) is 18.2. The molecule has 4 heterocycles. The van der Waals surface area contributed by atoms with Crippen LogP contribution in [0.4, 0.5) is 11.8 Å². The van der Waals surface area contributed by atoms with Gasteiger partial charge in [-0.25, -0.2) is 0 Å². The zero-order chi connectivity index (χ0) is 24.1. The molecule has 2 aromatic carbocycles. The van der Waals surface area contributed by atoms with Crippen LogP contribution in [-0.2, 0) is 0 Å². The first-order valence-electron chi connectivity index (χ1n) is 11.3. The van der Waals surface area contributed by atoms with Crippen LogP contribution in [0.1, 0.15) is 24.6 Å². The smallest absolute Gasteiger partial charge is 0.264 e. The van der Waals surface area contributed by atoms with Gasteiger partial charge in [-0.1, -0.05) is 41.9 Å². The zero-order valence-electron chi connectivity index (χ0n) is 18.6. The van der Waals surface area contributed by atoms with E-state index in [0.717, 1.165) is 29.6 Å². The van der Waals surface area contributed by atoms with Crippen LogP contribution in [0.2, 0.25) is 5.02 Å². The summed E-state index contributed by atoms with van der Waals surface area (Å²) in [5.74, 6) is 0.542. The van der Waals surface area contributed by atoms with Crippen molar-refractivity contribution in [2.45, 2.75) is 18.9 Å². The standard InChI is InChI=1S/C26H21ClN6O2/c27-17-9-4-6-15-14-19(33(25(35)21(15)17)16-7-2-1-3-8-16)18-10-5-13-32(18)24-22-20(34)11-12-29-23(22)30-26(28)31-24/h1-4,6-9,11-12,14,18H,5,10,13H2,(H3,28,29,30,31,34). The lowest BCUT2D eigenvalue weighted by molar-refractivity contribution is 0.662. The largest absolute Gasteiger partial charge is 0.368 e. The minimum atomic E-state index is -0.219. The first-order valence-corrected chi connectivity index (χ1v) is 11.7. The topological polar surface area (TPSA) is 110 Å². The van der Waals surface area contributed by atoms with E-state index in [1.165, 1.54) is 6.07 Å². The highest BCUT2D eigenvalue weighted by Crippen LogP contribution is 2.38. The monoisotopic (exact) mass is 484 g/mol. The second kappa shape index (κ2) is 8.25. The lowest BCUT2D eigenvalue weighted by atomic mass is 10.0. The Bertz CT molecular complexity index is 1710. The lowest BCUT2D eigenvalue weighted by Gasteiger charge is -2.29. The van der Waals surface area contributed by atoms with Gasteiger partial charge in [0.15, 0.2) is 5.43 Å². The summed E-state index contributed by atoms with van der Waals surface area (Å²) < 4.78 is 1.72.